The van der Waals surface area contributed by atoms with E-state index in [1.165, 1.54) is 4.90 Å². The van der Waals surface area contributed by atoms with Crippen molar-refractivity contribution in [3.05, 3.63) is 95.8 Å². The number of amides is 2. The maximum Gasteiger partial charge on any atom is 0.272 e. The van der Waals surface area contributed by atoms with Gasteiger partial charge < -0.3 is 19.7 Å². The quantitative estimate of drug-likeness (QED) is 0.405. The maximum absolute atomic E-state index is 13.3. The van der Waals surface area contributed by atoms with Gasteiger partial charge in [-0.15, -0.1) is 0 Å². The Labute approximate surface area is 210 Å². The summed E-state index contributed by atoms with van der Waals surface area (Å²) in [6, 6.07) is 22.2. The van der Waals surface area contributed by atoms with Crippen molar-refractivity contribution in [2.45, 2.75) is 6.54 Å². The number of nitrogens with one attached hydrogen (secondary N) is 1. The molecule has 1 heterocycles. The molecular weight excluding hydrogens is 456 g/mol. The van der Waals surface area contributed by atoms with Crippen molar-refractivity contribution in [1.29, 1.82) is 0 Å². The lowest BCUT2D eigenvalue weighted by molar-refractivity contribution is 0.0827. The van der Waals surface area contributed by atoms with Crippen molar-refractivity contribution in [2.75, 3.05) is 28.3 Å². The van der Waals surface area contributed by atoms with Crippen LogP contribution in [0, 0.1) is 0 Å². The van der Waals surface area contributed by atoms with Crippen LogP contribution in [-0.2, 0) is 6.54 Å². The third-order valence-corrected chi connectivity index (χ3v) is 5.70. The van der Waals surface area contributed by atoms with E-state index in [9.17, 15) is 9.59 Å². The number of rotatable bonds is 8. The van der Waals surface area contributed by atoms with Gasteiger partial charge in [-0.2, -0.15) is 5.10 Å². The highest BCUT2D eigenvalue weighted by atomic mass is 16.5. The molecule has 0 aliphatic heterocycles. The van der Waals surface area contributed by atoms with Crippen LogP contribution in [0.1, 0.15) is 26.4 Å². The van der Waals surface area contributed by atoms with Crippen LogP contribution in [0.4, 0.5) is 0 Å². The predicted molar refractivity (Wildman–Crippen MR) is 138 cm³/mol. The van der Waals surface area contributed by atoms with Crippen LogP contribution in [-0.4, -0.2) is 54.8 Å². The number of carbonyl (C=O) groups is 2. The van der Waals surface area contributed by atoms with E-state index in [1.807, 2.05) is 60.8 Å². The average Bonchev–Trinajstić information content (AvgIpc) is 3.37. The fourth-order valence-electron chi connectivity index (χ4n) is 3.76. The molecule has 0 saturated heterocycles. The van der Waals surface area contributed by atoms with Gasteiger partial charge in [-0.1, -0.05) is 36.4 Å². The molecule has 0 unspecified atom stereocenters. The molecule has 3 aromatic carbocycles. The summed E-state index contributed by atoms with van der Waals surface area (Å²) in [6.45, 7) is 0.291. The Bertz CT molecular complexity index is 1360. The molecule has 8 heteroatoms. The number of aromatic nitrogens is 2. The molecule has 184 valence electrons. The van der Waals surface area contributed by atoms with Gasteiger partial charge in [-0.3, -0.25) is 9.59 Å². The van der Waals surface area contributed by atoms with E-state index in [0.717, 1.165) is 16.8 Å². The Kier molecular flexibility index (Phi) is 7.34. The molecule has 0 spiro atoms. The minimum atomic E-state index is -0.317. The van der Waals surface area contributed by atoms with E-state index in [0.29, 0.717) is 29.2 Å². The van der Waals surface area contributed by atoms with Gasteiger partial charge in [0.15, 0.2) is 17.2 Å². The van der Waals surface area contributed by atoms with Crippen molar-refractivity contribution in [3.63, 3.8) is 0 Å². The zero-order valence-corrected chi connectivity index (χ0v) is 20.7. The first-order valence-electron chi connectivity index (χ1n) is 11.4. The van der Waals surface area contributed by atoms with Crippen LogP contribution in [0.15, 0.2) is 79.0 Å². The van der Waals surface area contributed by atoms with Crippen LogP contribution >= 0.6 is 0 Å². The molecule has 1 aromatic heterocycles. The monoisotopic (exact) mass is 484 g/mol. The molecule has 0 atom stereocenters. The Hall–Kier alpha value is -4.59. The summed E-state index contributed by atoms with van der Waals surface area (Å²) in [6.07, 6.45) is 1.83. The van der Waals surface area contributed by atoms with E-state index in [-0.39, 0.29) is 17.5 Å². The van der Waals surface area contributed by atoms with Gasteiger partial charge in [-0.05, 0) is 47.5 Å². The minimum absolute atomic E-state index is 0.0726. The first-order valence-corrected chi connectivity index (χ1v) is 11.4. The van der Waals surface area contributed by atoms with Gasteiger partial charge in [-0.25, -0.2) is 4.68 Å². The number of hydrogen-bond acceptors (Lipinski definition) is 5. The molecule has 0 radical (unpaired) electrons. The number of ether oxygens (including phenoxy) is 2. The summed E-state index contributed by atoms with van der Waals surface area (Å²) >= 11 is 0. The molecule has 1 N–H and O–H groups in total. The van der Waals surface area contributed by atoms with Gasteiger partial charge in [0.2, 0.25) is 0 Å². The van der Waals surface area contributed by atoms with Gasteiger partial charge in [0.1, 0.15) is 0 Å². The second kappa shape index (κ2) is 10.8. The minimum Gasteiger partial charge on any atom is -0.493 e. The molecular formula is C28H28N4O4. The standard InChI is InChI=1S/C28H28N4O4/c1-31(2)28(34)20-12-10-19(11-13-20)17-29-27(33)26-23(18-32(30-26)22-8-6-5-7-9-22)21-14-15-24(35-3)25(16-21)36-4/h5-16,18H,17H2,1-4H3,(H,29,33). The molecule has 2 amide bonds. The number of hydrogen-bond donors (Lipinski definition) is 1. The second-order valence-electron chi connectivity index (χ2n) is 8.32. The zero-order valence-electron chi connectivity index (χ0n) is 20.7. The molecule has 4 aromatic rings. The smallest absolute Gasteiger partial charge is 0.272 e. The summed E-state index contributed by atoms with van der Waals surface area (Å²) < 4.78 is 12.5. The van der Waals surface area contributed by atoms with Crippen molar-refractivity contribution < 1.29 is 19.1 Å². The van der Waals surface area contributed by atoms with Crippen molar-refractivity contribution in [1.82, 2.24) is 20.0 Å². The van der Waals surface area contributed by atoms with Crippen LogP contribution < -0.4 is 14.8 Å². The number of carbonyl (C=O) groups excluding carboxylic acids is 2. The largest absolute Gasteiger partial charge is 0.493 e. The third kappa shape index (κ3) is 5.22. The summed E-state index contributed by atoms with van der Waals surface area (Å²) in [4.78, 5) is 26.9. The van der Waals surface area contributed by atoms with Crippen LogP contribution in [0.25, 0.3) is 16.8 Å². The van der Waals surface area contributed by atoms with E-state index in [2.05, 4.69) is 10.4 Å². The maximum atomic E-state index is 13.3. The number of nitrogens with zero attached hydrogens (tertiary/aromatic N) is 3. The predicted octanol–water partition coefficient (Wildman–Crippen LogP) is 4.19. The molecule has 0 fully saturated rings. The highest BCUT2D eigenvalue weighted by Crippen LogP contribution is 2.34. The molecule has 0 aliphatic rings. The summed E-state index contributed by atoms with van der Waals surface area (Å²) in [7, 11) is 6.56. The second-order valence-corrected chi connectivity index (χ2v) is 8.32. The lowest BCUT2D eigenvalue weighted by Crippen LogP contribution is -2.24. The molecule has 0 aliphatic carbocycles. The SMILES string of the molecule is COc1ccc(-c2cn(-c3ccccc3)nc2C(=O)NCc2ccc(C(=O)N(C)C)cc2)cc1OC. The Balaban J connectivity index is 1.63. The van der Waals surface area contributed by atoms with Crippen molar-refractivity contribution in [3.8, 4) is 28.3 Å². The zero-order chi connectivity index (χ0) is 25.7. The molecule has 36 heavy (non-hydrogen) atoms. The van der Waals surface area contributed by atoms with Crippen molar-refractivity contribution >= 4 is 11.8 Å². The van der Waals surface area contributed by atoms with Gasteiger partial charge in [0.25, 0.3) is 11.8 Å². The van der Waals surface area contributed by atoms with Crippen molar-refractivity contribution in [2.24, 2.45) is 0 Å². The van der Waals surface area contributed by atoms with Crippen LogP contribution in [0.3, 0.4) is 0 Å². The van der Waals surface area contributed by atoms with Gasteiger partial charge in [0.05, 0.1) is 19.9 Å². The molecule has 4 rings (SSSR count). The van der Waals surface area contributed by atoms with E-state index in [4.69, 9.17) is 9.47 Å². The fraction of sp³-hybridized carbons (Fsp3) is 0.179. The first kappa shape index (κ1) is 24.5. The number of methoxy groups -OCH3 is 2. The number of para-hydroxylation sites is 1. The van der Waals surface area contributed by atoms with Crippen LogP contribution in [0.5, 0.6) is 11.5 Å². The first-order chi connectivity index (χ1) is 17.4. The highest BCUT2D eigenvalue weighted by molar-refractivity contribution is 5.99. The molecule has 8 nitrogen and oxygen atoms in total. The summed E-state index contributed by atoms with van der Waals surface area (Å²) in [5.74, 6) is 0.764. The average molecular weight is 485 g/mol. The van der Waals surface area contributed by atoms with E-state index in [1.54, 1.807) is 51.2 Å². The summed E-state index contributed by atoms with van der Waals surface area (Å²) in [5, 5.41) is 7.55. The van der Waals surface area contributed by atoms with Gasteiger partial charge in [0, 0.05) is 38.0 Å². The van der Waals surface area contributed by atoms with E-state index >= 15 is 0 Å². The normalized spacial score (nSPS) is 10.6. The fourth-order valence-corrected chi connectivity index (χ4v) is 3.76. The lowest BCUT2D eigenvalue weighted by atomic mass is 10.1. The summed E-state index contributed by atoms with van der Waals surface area (Å²) in [5.41, 5.74) is 4.00. The molecule has 0 saturated carbocycles. The number of benzene rings is 3. The van der Waals surface area contributed by atoms with Crippen LogP contribution in [0.2, 0.25) is 0 Å². The lowest BCUT2D eigenvalue weighted by Gasteiger charge is -2.11. The Morgan fingerprint density at radius 3 is 2.25 bits per heavy atom. The Morgan fingerprint density at radius 2 is 1.61 bits per heavy atom. The Morgan fingerprint density at radius 1 is 0.917 bits per heavy atom. The molecule has 0 bridgehead atoms. The third-order valence-electron chi connectivity index (χ3n) is 5.70. The van der Waals surface area contributed by atoms with E-state index < -0.39 is 0 Å². The topological polar surface area (TPSA) is 85.7 Å². The van der Waals surface area contributed by atoms with Gasteiger partial charge >= 0.3 is 0 Å². The highest BCUT2D eigenvalue weighted by Gasteiger charge is 2.20.